The standard InChI is InChI=1S/C26H27N7O7S2/c1-12-8-17(30-39-12)32-7-6-13(22(32)35)9-14-10-41-24-19(23(36)33(24)20(14)25(37)38)29-21(34)18(16-11-42-26(27)28-16)31-40-15-4-2-3-5-15/h8-9,11,15,19,24H,2-7,10H2,1H3,(H2,27,28)(H,29,34)(H,37,38)/b13-9?,31-18-/t19-,24-/m1/s1. The van der Waals surface area contributed by atoms with Crippen molar-refractivity contribution in [2.24, 2.45) is 5.16 Å². The number of hydrogen-bond donors (Lipinski definition) is 3. The summed E-state index contributed by atoms with van der Waals surface area (Å²) >= 11 is 2.44. The second-order valence-corrected chi connectivity index (χ2v) is 12.2. The minimum Gasteiger partial charge on any atom is -0.477 e. The van der Waals surface area contributed by atoms with Crippen LogP contribution < -0.4 is 16.0 Å². The van der Waals surface area contributed by atoms with Crippen molar-refractivity contribution in [3.8, 4) is 0 Å². The van der Waals surface area contributed by atoms with Gasteiger partial charge in [-0.15, -0.1) is 23.1 Å². The number of aromatic nitrogens is 2. The van der Waals surface area contributed by atoms with Crippen LogP contribution in [0.4, 0.5) is 10.9 Å². The maximum Gasteiger partial charge on any atom is 0.352 e. The molecule has 0 aromatic carbocycles. The van der Waals surface area contributed by atoms with Crippen LogP contribution in [0.15, 0.2) is 44.0 Å². The number of thioether (sulfide) groups is 1. The van der Waals surface area contributed by atoms with Gasteiger partial charge in [0.1, 0.15) is 34.7 Å². The molecular formula is C26H27N7O7S2. The summed E-state index contributed by atoms with van der Waals surface area (Å²) in [6, 6.07) is 0.662. The molecule has 3 amide bonds. The number of carbonyl (C=O) groups is 4. The number of carboxylic acid groups (broad SMARTS) is 1. The summed E-state index contributed by atoms with van der Waals surface area (Å²) in [6.45, 7) is 2.10. The molecule has 0 spiro atoms. The maximum atomic E-state index is 13.3. The number of allylic oxidation sites excluding steroid dienone is 1. The molecule has 4 N–H and O–H groups in total. The topological polar surface area (TPSA) is 194 Å². The quantitative estimate of drug-likeness (QED) is 0.170. The van der Waals surface area contributed by atoms with E-state index >= 15 is 0 Å². The Hall–Kier alpha value is -4.18. The molecule has 0 bridgehead atoms. The number of nitrogens with one attached hydrogen (secondary N) is 1. The molecule has 2 aromatic heterocycles. The van der Waals surface area contributed by atoms with E-state index in [0.29, 0.717) is 35.7 Å². The maximum absolute atomic E-state index is 13.3. The highest BCUT2D eigenvalue weighted by atomic mass is 32.2. The number of anilines is 2. The van der Waals surface area contributed by atoms with Crippen molar-refractivity contribution >= 4 is 63.5 Å². The molecule has 3 fully saturated rings. The van der Waals surface area contributed by atoms with Gasteiger partial charge in [0.15, 0.2) is 16.7 Å². The van der Waals surface area contributed by atoms with Crippen LogP contribution in [0.3, 0.4) is 0 Å². The lowest BCUT2D eigenvalue weighted by Crippen LogP contribution is -2.71. The molecule has 2 atom stereocenters. The molecule has 0 radical (unpaired) electrons. The summed E-state index contributed by atoms with van der Waals surface area (Å²) in [5.74, 6) is -1.69. The fraction of sp³-hybridized carbons (Fsp3) is 0.423. The molecule has 1 aliphatic carbocycles. The number of thiazole rings is 1. The Morgan fingerprint density at radius 1 is 1.31 bits per heavy atom. The van der Waals surface area contributed by atoms with Gasteiger partial charge in [-0.25, -0.2) is 9.78 Å². The van der Waals surface area contributed by atoms with Gasteiger partial charge in [-0.05, 0) is 50.7 Å². The van der Waals surface area contributed by atoms with Crippen molar-refractivity contribution in [3.05, 3.63) is 45.8 Å². The first-order valence-electron chi connectivity index (χ1n) is 13.3. The summed E-state index contributed by atoms with van der Waals surface area (Å²) in [4.78, 5) is 64.3. The summed E-state index contributed by atoms with van der Waals surface area (Å²) in [5, 5.41) is 21.9. The van der Waals surface area contributed by atoms with Crippen LogP contribution >= 0.6 is 23.1 Å². The van der Waals surface area contributed by atoms with Gasteiger partial charge in [-0.3, -0.25) is 24.2 Å². The Morgan fingerprint density at radius 3 is 2.76 bits per heavy atom. The Labute approximate surface area is 247 Å². The van der Waals surface area contributed by atoms with Crippen LogP contribution in [0.25, 0.3) is 0 Å². The molecule has 14 nitrogen and oxygen atoms in total. The Balaban J connectivity index is 1.20. The number of nitrogen functional groups attached to an aromatic ring is 1. The number of oxime groups is 1. The van der Waals surface area contributed by atoms with Crippen molar-refractivity contribution < 1.29 is 33.6 Å². The molecule has 4 aliphatic rings. The number of carbonyl (C=O) groups excluding carboxylic acids is 3. The van der Waals surface area contributed by atoms with Crippen molar-refractivity contribution in [2.45, 2.75) is 56.5 Å². The van der Waals surface area contributed by atoms with Crippen molar-refractivity contribution in [1.82, 2.24) is 20.4 Å². The number of nitrogens with zero attached hydrogens (tertiary/aromatic N) is 5. The number of aliphatic carboxylic acids is 1. The Morgan fingerprint density at radius 2 is 2.10 bits per heavy atom. The van der Waals surface area contributed by atoms with Gasteiger partial charge in [0.05, 0.1) is 0 Å². The second kappa shape index (κ2) is 11.2. The normalized spacial score (nSPS) is 23.9. The molecule has 220 valence electrons. The third-order valence-electron chi connectivity index (χ3n) is 7.43. The monoisotopic (exact) mass is 613 g/mol. The van der Waals surface area contributed by atoms with Gasteiger partial charge >= 0.3 is 5.97 Å². The molecular weight excluding hydrogens is 586 g/mol. The van der Waals surface area contributed by atoms with Crippen molar-refractivity contribution in [3.63, 3.8) is 0 Å². The highest BCUT2D eigenvalue weighted by molar-refractivity contribution is 8.00. The first-order valence-corrected chi connectivity index (χ1v) is 15.3. The van der Waals surface area contributed by atoms with E-state index in [1.165, 1.54) is 16.7 Å². The Bertz CT molecular complexity index is 1550. The van der Waals surface area contributed by atoms with Gasteiger partial charge < -0.3 is 25.5 Å². The highest BCUT2D eigenvalue weighted by Crippen LogP contribution is 2.41. The molecule has 2 aromatic rings. The summed E-state index contributed by atoms with van der Waals surface area (Å²) in [7, 11) is 0. The largest absolute Gasteiger partial charge is 0.477 e. The highest BCUT2D eigenvalue weighted by Gasteiger charge is 2.54. The zero-order valence-electron chi connectivity index (χ0n) is 22.4. The van der Waals surface area contributed by atoms with E-state index in [1.807, 2.05) is 0 Å². The number of hydrogen-bond acceptors (Lipinski definition) is 12. The smallest absolute Gasteiger partial charge is 0.352 e. The van der Waals surface area contributed by atoms with E-state index in [-0.39, 0.29) is 40.0 Å². The first-order chi connectivity index (χ1) is 20.2. The SMILES string of the molecule is Cc1cc(N2CCC(=CC3=C(C(=O)O)N4C(=O)[C@@H](NC(=O)/C(=N\OC5CCCC5)c5csc(N)n5)[C@H]4SC3)C2=O)no1. The second-order valence-electron chi connectivity index (χ2n) is 10.2. The lowest BCUT2D eigenvalue weighted by atomic mass is 10.0. The minimum atomic E-state index is -1.30. The van der Waals surface area contributed by atoms with E-state index in [4.69, 9.17) is 15.1 Å². The molecule has 16 heteroatoms. The fourth-order valence-corrected chi connectivity index (χ4v) is 7.20. The molecule has 42 heavy (non-hydrogen) atoms. The van der Waals surface area contributed by atoms with Crippen LogP contribution in [0, 0.1) is 6.92 Å². The average molecular weight is 614 g/mol. The van der Waals surface area contributed by atoms with E-state index in [2.05, 4.69) is 20.6 Å². The van der Waals surface area contributed by atoms with E-state index in [0.717, 1.165) is 41.9 Å². The molecule has 0 unspecified atom stereocenters. The molecule has 2 saturated heterocycles. The van der Waals surface area contributed by atoms with E-state index < -0.39 is 29.2 Å². The number of β-lactam (4-membered cyclic amide) rings is 1. The number of nitrogens with two attached hydrogens (primary N) is 1. The first kappa shape index (κ1) is 28.0. The van der Waals surface area contributed by atoms with Gasteiger partial charge in [-0.2, -0.15) is 0 Å². The lowest BCUT2D eigenvalue weighted by Gasteiger charge is -2.49. The van der Waals surface area contributed by atoms with E-state index in [1.54, 1.807) is 24.4 Å². The fourth-order valence-electron chi connectivity index (χ4n) is 5.34. The van der Waals surface area contributed by atoms with E-state index in [9.17, 15) is 24.3 Å². The van der Waals surface area contributed by atoms with Gasteiger partial charge in [0, 0.05) is 29.3 Å². The van der Waals surface area contributed by atoms with Gasteiger partial charge in [-0.1, -0.05) is 10.3 Å². The third kappa shape index (κ3) is 5.15. The number of carboxylic acids is 1. The predicted octanol–water partition coefficient (Wildman–Crippen LogP) is 1.79. The van der Waals surface area contributed by atoms with Crippen molar-refractivity contribution in [2.75, 3.05) is 22.9 Å². The van der Waals surface area contributed by atoms with Crippen LogP contribution in [0.5, 0.6) is 0 Å². The number of rotatable bonds is 8. The minimum absolute atomic E-state index is 0.104. The number of aryl methyl sites for hydroxylation is 1. The van der Waals surface area contributed by atoms with Gasteiger partial charge in [0.2, 0.25) is 0 Å². The summed E-state index contributed by atoms with van der Waals surface area (Å²) in [6.07, 6.45) is 5.52. The van der Waals surface area contributed by atoms with Crippen LogP contribution in [0.1, 0.15) is 43.6 Å². The lowest BCUT2D eigenvalue weighted by molar-refractivity contribution is -0.150. The number of amides is 3. The van der Waals surface area contributed by atoms with Gasteiger partial charge in [0.25, 0.3) is 17.7 Å². The molecule has 5 heterocycles. The predicted molar refractivity (Wildman–Crippen MR) is 152 cm³/mol. The molecule has 3 aliphatic heterocycles. The summed E-state index contributed by atoms with van der Waals surface area (Å²) in [5.41, 5.74) is 6.42. The van der Waals surface area contributed by atoms with Crippen LogP contribution in [0.2, 0.25) is 0 Å². The zero-order valence-corrected chi connectivity index (χ0v) is 24.1. The third-order valence-corrected chi connectivity index (χ3v) is 9.40. The molecule has 1 saturated carbocycles. The summed E-state index contributed by atoms with van der Waals surface area (Å²) < 4.78 is 5.07. The van der Waals surface area contributed by atoms with Crippen LogP contribution in [-0.2, 0) is 24.0 Å². The Kier molecular flexibility index (Phi) is 7.49. The van der Waals surface area contributed by atoms with Crippen LogP contribution in [-0.4, -0.2) is 79.4 Å². The number of fused-ring (bicyclic) bond motifs is 1. The zero-order chi connectivity index (χ0) is 29.5. The molecule has 6 rings (SSSR count). The van der Waals surface area contributed by atoms with Crippen molar-refractivity contribution in [1.29, 1.82) is 0 Å². The average Bonchev–Trinajstić information content (AvgIpc) is 3.78.